The second kappa shape index (κ2) is 11.1. The number of carbonyl (C=O) groups excluding carboxylic acids is 1. The molecule has 3 aromatic rings. The molecule has 12 heteroatoms. The third-order valence-corrected chi connectivity index (χ3v) is 6.07. The molecule has 0 atom stereocenters. The molecule has 190 valence electrons. The van der Waals surface area contributed by atoms with Gasteiger partial charge in [0.15, 0.2) is 17.2 Å². The lowest BCUT2D eigenvalue weighted by Gasteiger charge is -2.12. The summed E-state index contributed by atoms with van der Waals surface area (Å²) < 4.78 is 79.0. The van der Waals surface area contributed by atoms with Gasteiger partial charge in [-0.3, -0.25) is 4.79 Å². The van der Waals surface area contributed by atoms with Crippen molar-refractivity contribution in [2.24, 2.45) is 5.10 Å². The van der Waals surface area contributed by atoms with E-state index in [4.69, 9.17) is 13.7 Å². The van der Waals surface area contributed by atoms with Crippen LogP contribution in [0.3, 0.4) is 0 Å². The van der Waals surface area contributed by atoms with E-state index in [2.05, 4.69) is 10.5 Å². The zero-order chi connectivity index (χ0) is 26.3. The molecular weight excluding hydrogens is 501 g/mol. The topological polar surface area (TPSA) is 103 Å². The number of ether oxygens (including phenoxy) is 2. The first kappa shape index (κ1) is 26.5. The average molecular weight is 523 g/mol. The van der Waals surface area contributed by atoms with Gasteiger partial charge in [-0.05, 0) is 42.5 Å². The number of rotatable bonds is 9. The number of hydrazone groups is 1. The summed E-state index contributed by atoms with van der Waals surface area (Å²) >= 11 is 0. The summed E-state index contributed by atoms with van der Waals surface area (Å²) in [7, 11) is -1.51. The molecule has 3 rings (SSSR count). The van der Waals surface area contributed by atoms with Gasteiger partial charge >= 0.3 is 16.3 Å². The van der Waals surface area contributed by atoms with Crippen LogP contribution in [-0.2, 0) is 27.5 Å². The highest BCUT2D eigenvalue weighted by Crippen LogP contribution is 2.31. The van der Waals surface area contributed by atoms with Crippen LogP contribution in [0.25, 0.3) is 0 Å². The van der Waals surface area contributed by atoms with Crippen molar-refractivity contribution in [3.05, 3.63) is 83.4 Å². The molecule has 0 radical (unpaired) electrons. The van der Waals surface area contributed by atoms with Crippen LogP contribution in [0.2, 0.25) is 0 Å². The van der Waals surface area contributed by atoms with Crippen molar-refractivity contribution < 1.29 is 40.0 Å². The van der Waals surface area contributed by atoms with E-state index in [9.17, 15) is 26.4 Å². The number of hydrogen-bond donors (Lipinski definition) is 1. The number of halogens is 3. The van der Waals surface area contributed by atoms with E-state index in [1.54, 1.807) is 24.3 Å². The van der Waals surface area contributed by atoms with Gasteiger partial charge in [-0.2, -0.15) is 26.7 Å². The normalized spacial score (nSPS) is 11.8. The van der Waals surface area contributed by atoms with E-state index in [1.165, 1.54) is 38.6 Å². The van der Waals surface area contributed by atoms with Gasteiger partial charge in [-0.1, -0.05) is 24.3 Å². The largest absolute Gasteiger partial charge is 0.493 e. The highest BCUT2D eigenvalue weighted by atomic mass is 32.2. The minimum absolute atomic E-state index is 0.0713. The van der Waals surface area contributed by atoms with Crippen molar-refractivity contribution in [1.29, 1.82) is 0 Å². The van der Waals surface area contributed by atoms with Gasteiger partial charge in [-0.15, -0.1) is 0 Å². The molecule has 3 aromatic carbocycles. The highest BCUT2D eigenvalue weighted by molar-refractivity contribution is 7.87. The number of para-hydroxylation sites is 2. The molecule has 0 heterocycles. The molecule has 8 nitrogen and oxygen atoms in total. The molecule has 36 heavy (non-hydrogen) atoms. The summed E-state index contributed by atoms with van der Waals surface area (Å²) in [5.41, 5.74) is 2.11. The van der Waals surface area contributed by atoms with E-state index in [0.717, 1.165) is 12.1 Å². The maximum Gasteiger partial charge on any atom is 0.416 e. The van der Waals surface area contributed by atoms with Crippen molar-refractivity contribution in [1.82, 2.24) is 5.43 Å². The molecule has 0 aliphatic heterocycles. The first-order chi connectivity index (χ1) is 17.0. The zero-order valence-electron chi connectivity index (χ0n) is 19.1. The summed E-state index contributed by atoms with van der Waals surface area (Å²) in [6, 6.07) is 13.9. The van der Waals surface area contributed by atoms with Crippen LogP contribution < -0.4 is 19.1 Å². The summed E-state index contributed by atoms with van der Waals surface area (Å²) in [6.07, 6.45) is -3.50. The van der Waals surface area contributed by atoms with Gasteiger partial charge in [0.25, 0.3) is 0 Å². The van der Waals surface area contributed by atoms with Crippen LogP contribution in [0.15, 0.2) is 76.7 Å². The fourth-order valence-corrected chi connectivity index (χ4v) is 4.07. The number of hydrogen-bond acceptors (Lipinski definition) is 7. The monoisotopic (exact) mass is 522 g/mol. The minimum atomic E-state index is -4.60. The molecule has 0 bridgehead atoms. The maximum atomic E-state index is 12.7. The molecule has 0 fully saturated rings. The molecule has 0 saturated carbocycles. The number of nitrogens with zero attached hydrogens (tertiary/aromatic N) is 1. The number of amides is 1. The van der Waals surface area contributed by atoms with Crippen molar-refractivity contribution in [3.63, 3.8) is 0 Å². The van der Waals surface area contributed by atoms with Gasteiger partial charge in [-0.25, -0.2) is 5.43 Å². The molecule has 1 amide bonds. The number of nitrogens with one attached hydrogen (secondary N) is 1. The quantitative estimate of drug-likeness (QED) is 0.257. The van der Waals surface area contributed by atoms with Crippen molar-refractivity contribution >= 4 is 22.2 Å². The molecule has 0 unspecified atom stereocenters. The number of benzene rings is 3. The van der Waals surface area contributed by atoms with Crippen molar-refractivity contribution in [3.8, 4) is 17.2 Å². The number of alkyl halides is 3. The third-order valence-electron chi connectivity index (χ3n) is 4.82. The third kappa shape index (κ3) is 6.54. The second-order valence-electron chi connectivity index (χ2n) is 7.22. The van der Waals surface area contributed by atoms with E-state index >= 15 is 0 Å². The fraction of sp³-hybridized carbons (Fsp3) is 0.167. The summed E-state index contributed by atoms with van der Waals surface area (Å²) in [5, 5.41) is 3.84. The maximum absolute atomic E-state index is 12.7. The lowest BCUT2D eigenvalue weighted by Crippen LogP contribution is -2.20. The van der Waals surface area contributed by atoms with Crippen LogP contribution in [0.1, 0.15) is 16.7 Å². The Morgan fingerprint density at radius 1 is 0.944 bits per heavy atom. The lowest BCUT2D eigenvalue weighted by molar-refractivity contribution is -0.137. The summed E-state index contributed by atoms with van der Waals surface area (Å²) in [6.45, 7) is 0. The molecule has 0 aliphatic carbocycles. The Morgan fingerprint density at radius 3 is 2.25 bits per heavy atom. The van der Waals surface area contributed by atoms with Crippen molar-refractivity contribution in [2.75, 3.05) is 14.2 Å². The van der Waals surface area contributed by atoms with Crippen LogP contribution >= 0.6 is 0 Å². The average Bonchev–Trinajstić information content (AvgIpc) is 2.84. The summed E-state index contributed by atoms with van der Waals surface area (Å²) in [4.78, 5) is 11.9. The van der Waals surface area contributed by atoms with Crippen molar-refractivity contribution in [2.45, 2.75) is 17.5 Å². The summed E-state index contributed by atoms with van der Waals surface area (Å²) in [5.74, 6) is 0.261. The van der Waals surface area contributed by atoms with E-state index in [1.807, 2.05) is 0 Å². The molecular formula is C24H21F3N2O6S. The second-order valence-corrected chi connectivity index (χ2v) is 8.77. The van der Waals surface area contributed by atoms with Crippen LogP contribution in [-0.4, -0.2) is 34.8 Å². The number of methoxy groups -OCH3 is 2. The molecule has 0 aromatic heterocycles. The van der Waals surface area contributed by atoms with Gasteiger partial charge in [0.1, 0.15) is 4.90 Å². The smallest absolute Gasteiger partial charge is 0.416 e. The predicted molar refractivity (Wildman–Crippen MR) is 125 cm³/mol. The van der Waals surface area contributed by atoms with Gasteiger partial charge < -0.3 is 13.7 Å². The SMILES string of the molecule is COc1cccc(CC(=O)N/N=C/c2ccccc2OS(=O)(=O)c2ccc(C(F)(F)F)cc2)c1OC. The first-order valence-electron chi connectivity index (χ1n) is 10.3. The van der Waals surface area contributed by atoms with Gasteiger partial charge in [0, 0.05) is 11.1 Å². The van der Waals surface area contributed by atoms with Gasteiger partial charge in [0.05, 0.1) is 32.4 Å². The molecule has 0 saturated heterocycles. The Kier molecular flexibility index (Phi) is 8.20. The predicted octanol–water partition coefficient (Wildman–Crippen LogP) is 4.18. The van der Waals surface area contributed by atoms with E-state index in [-0.39, 0.29) is 17.7 Å². The first-order valence-corrected chi connectivity index (χ1v) is 11.7. The van der Waals surface area contributed by atoms with Crippen LogP contribution in [0.5, 0.6) is 17.2 Å². The molecule has 1 N–H and O–H groups in total. The van der Waals surface area contributed by atoms with Crippen LogP contribution in [0, 0.1) is 0 Å². The molecule has 0 aliphatic rings. The zero-order valence-corrected chi connectivity index (χ0v) is 19.9. The Bertz CT molecular complexity index is 1360. The Hall–Kier alpha value is -4.06. The van der Waals surface area contributed by atoms with Gasteiger partial charge in [0.2, 0.25) is 5.91 Å². The Morgan fingerprint density at radius 2 is 1.61 bits per heavy atom. The standard InChI is InChI=1S/C24H21F3N2O6S/c1-33-21-9-5-7-16(23(21)34-2)14-22(30)29-28-15-17-6-3-4-8-20(17)35-36(31,32)19-12-10-18(11-13-19)24(25,26)27/h3-13,15H,14H2,1-2H3,(H,29,30)/b28-15+. The Balaban J connectivity index is 1.71. The van der Waals surface area contributed by atoms with Crippen LogP contribution in [0.4, 0.5) is 13.2 Å². The molecule has 0 spiro atoms. The fourth-order valence-electron chi connectivity index (χ4n) is 3.12. The van der Waals surface area contributed by atoms with E-state index < -0.39 is 32.7 Å². The highest BCUT2D eigenvalue weighted by Gasteiger charge is 2.31. The lowest BCUT2D eigenvalue weighted by atomic mass is 10.1. The minimum Gasteiger partial charge on any atom is -0.493 e. The van der Waals surface area contributed by atoms with E-state index in [0.29, 0.717) is 29.2 Å². The Labute approximate surface area is 205 Å². The number of carbonyl (C=O) groups is 1.